The van der Waals surface area contributed by atoms with Crippen LogP contribution in [-0.2, 0) is 16.1 Å². The lowest BCUT2D eigenvalue weighted by Crippen LogP contribution is -2.20. The fraction of sp³-hybridized carbons (Fsp3) is 0.273. The lowest BCUT2D eigenvalue weighted by molar-refractivity contribution is -0.117. The number of benzene rings is 2. The molecule has 2 aromatic carbocycles. The third kappa shape index (κ3) is 4.49. The first kappa shape index (κ1) is 20.0. The highest BCUT2D eigenvalue weighted by atomic mass is 32.1. The number of nitrogens with zero attached hydrogens (tertiary/aromatic N) is 2. The van der Waals surface area contributed by atoms with Gasteiger partial charge in [-0.15, -0.1) is 0 Å². The minimum absolute atomic E-state index is 0.0245. The summed E-state index contributed by atoms with van der Waals surface area (Å²) in [5.41, 5.74) is 4.21. The van der Waals surface area contributed by atoms with Gasteiger partial charge in [0.15, 0.2) is 10.6 Å². The number of rotatable bonds is 6. The van der Waals surface area contributed by atoms with E-state index in [1.807, 2.05) is 50.2 Å². The average molecular weight is 422 g/mol. The zero-order chi connectivity index (χ0) is 21.3. The Labute approximate surface area is 179 Å². The Morgan fingerprint density at radius 2 is 1.97 bits per heavy atom. The van der Waals surface area contributed by atoms with Crippen LogP contribution in [0.3, 0.4) is 0 Å². The zero-order valence-corrected chi connectivity index (χ0v) is 17.7. The van der Waals surface area contributed by atoms with E-state index in [0.29, 0.717) is 22.0 Å². The van der Waals surface area contributed by atoms with Crippen LogP contribution in [-0.4, -0.2) is 26.6 Å². The van der Waals surface area contributed by atoms with Crippen LogP contribution in [0.4, 0.5) is 11.4 Å². The van der Waals surface area contributed by atoms with Crippen molar-refractivity contribution in [2.45, 2.75) is 33.2 Å². The van der Waals surface area contributed by atoms with Crippen molar-refractivity contribution in [1.29, 1.82) is 0 Å². The summed E-state index contributed by atoms with van der Waals surface area (Å²) in [5, 5.41) is 12.9. The molecule has 0 radical (unpaired) electrons. The van der Waals surface area contributed by atoms with Gasteiger partial charge in [-0.2, -0.15) is 5.10 Å². The van der Waals surface area contributed by atoms with Crippen LogP contribution in [0.25, 0.3) is 11.4 Å². The molecule has 0 aliphatic heterocycles. The molecule has 1 aromatic heterocycles. The number of anilines is 2. The number of aromatic nitrogens is 3. The largest absolute Gasteiger partial charge is 0.326 e. The second-order valence-electron chi connectivity index (χ2n) is 7.65. The number of aromatic amines is 1. The van der Waals surface area contributed by atoms with E-state index in [9.17, 15) is 9.59 Å². The van der Waals surface area contributed by atoms with E-state index in [0.717, 1.165) is 29.5 Å². The van der Waals surface area contributed by atoms with Gasteiger partial charge in [-0.3, -0.25) is 19.3 Å². The predicted octanol–water partition coefficient (Wildman–Crippen LogP) is 4.21. The molecule has 0 saturated heterocycles. The molecule has 3 N–H and O–H groups in total. The van der Waals surface area contributed by atoms with E-state index < -0.39 is 0 Å². The number of carbonyl (C=O) groups excluding carboxylic acids is 2. The van der Waals surface area contributed by atoms with Gasteiger partial charge in [0, 0.05) is 22.9 Å². The molecule has 0 atom stereocenters. The summed E-state index contributed by atoms with van der Waals surface area (Å²) in [6.45, 7) is 3.93. The zero-order valence-electron chi connectivity index (χ0n) is 16.9. The van der Waals surface area contributed by atoms with Crippen molar-refractivity contribution < 1.29 is 9.59 Å². The van der Waals surface area contributed by atoms with Gasteiger partial charge in [-0.1, -0.05) is 29.8 Å². The Kier molecular flexibility index (Phi) is 5.50. The van der Waals surface area contributed by atoms with Gasteiger partial charge in [-0.25, -0.2) is 0 Å². The van der Waals surface area contributed by atoms with Crippen molar-refractivity contribution in [1.82, 2.24) is 14.8 Å². The minimum atomic E-state index is -0.227. The monoisotopic (exact) mass is 421 g/mol. The van der Waals surface area contributed by atoms with Crippen LogP contribution in [0, 0.1) is 24.5 Å². The molecular formula is C22H23N5O2S. The highest BCUT2D eigenvalue weighted by Gasteiger charge is 2.29. The summed E-state index contributed by atoms with van der Waals surface area (Å²) in [6, 6.07) is 13.4. The molecule has 7 nitrogen and oxygen atoms in total. The number of amides is 2. The number of hydrogen-bond acceptors (Lipinski definition) is 4. The van der Waals surface area contributed by atoms with Crippen LogP contribution in [0.15, 0.2) is 42.5 Å². The molecule has 0 unspecified atom stereocenters. The van der Waals surface area contributed by atoms with E-state index in [2.05, 4.69) is 20.8 Å². The van der Waals surface area contributed by atoms with Crippen molar-refractivity contribution in [3.8, 4) is 11.4 Å². The maximum absolute atomic E-state index is 12.8. The van der Waals surface area contributed by atoms with Crippen molar-refractivity contribution in [3.05, 3.63) is 58.4 Å². The van der Waals surface area contributed by atoms with E-state index >= 15 is 0 Å². The maximum Gasteiger partial charge on any atom is 0.244 e. The van der Waals surface area contributed by atoms with E-state index in [1.165, 1.54) is 0 Å². The van der Waals surface area contributed by atoms with Crippen LogP contribution in [0.2, 0.25) is 0 Å². The Hall–Kier alpha value is -3.26. The van der Waals surface area contributed by atoms with Crippen molar-refractivity contribution >= 4 is 35.4 Å². The maximum atomic E-state index is 12.8. The van der Waals surface area contributed by atoms with Crippen molar-refractivity contribution in [2.24, 2.45) is 5.92 Å². The molecule has 8 heteroatoms. The molecule has 30 heavy (non-hydrogen) atoms. The molecule has 1 aliphatic rings. The first-order valence-corrected chi connectivity index (χ1v) is 10.2. The molecule has 2 amide bonds. The highest BCUT2D eigenvalue weighted by molar-refractivity contribution is 7.71. The Morgan fingerprint density at radius 1 is 1.17 bits per heavy atom. The fourth-order valence-corrected chi connectivity index (χ4v) is 3.42. The summed E-state index contributed by atoms with van der Waals surface area (Å²) in [7, 11) is 0. The normalized spacial score (nSPS) is 13.1. The molecule has 0 bridgehead atoms. The van der Waals surface area contributed by atoms with Crippen molar-refractivity contribution in [2.75, 3.05) is 10.6 Å². The average Bonchev–Trinajstić information content (AvgIpc) is 3.50. The molecule has 1 fully saturated rings. The Morgan fingerprint density at radius 3 is 2.70 bits per heavy atom. The van der Waals surface area contributed by atoms with Crippen LogP contribution in [0.5, 0.6) is 0 Å². The number of nitrogens with one attached hydrogen (secondary N) is 3. The first-order valence-electron chi connectivity index (χ1n) is 9.84. The second-order valence-corrected chi connectivity index (χ2v) is 8.04. The van der Waals surface area contributed by atoms with Crippen LogP contribution in [0.1, 0.15) is 24.0 Å². The summed E-state index contributed by atoms with van der Waals surface area (Å²) < 4.78 is 2.05. The summed E-state index contributed by atoms with van der Waals surface area (Å²) in [5.74, 6) is 0.534. The number of carbonyl (C=O) groups is 2. The number of hydrogen-bond donors (Lipinski definition) is 3. The molecular weight excluding hydrogens is 398 g/mol. The third-order valence-electron chi connectivity index (χ3n) is 5.06. The van der Waals surface area contributed by atoms with E-state index in [-0.39, 0.29) is 24.3 Å². The topological polar surface area (TPSA) is 91.8 Å². The second kappa shape index (κ2) is 8.23. The molecule has 0 spiro atoms. The van der Waals surface area contributed by atoms with Gasteiger partial charge < -0.3 is 10.6 Å². The standard InChI is InChI=1S/C22H23N5O2S/c1-13-4-3-5-16(10-13)20-25-26-22(30)27(20)12-19(28)24-18-11-17(9-6-14(18)2)23-21(29)15-7-8-15/h3-6,9-11,15H,7-8,12H2,1-2H3,(H,23,29)(H,24,28)(H,26,30). The quantitative estimate of drug-likeness (QED) is 0.520. The molecule has 154 valence electrons. The number of aryl methyl sites for hydroxylation is 2. The minimum Gasteiger partial charge on any atom is -0.326 e. The molecule has 4 rings (SSSR count). The van der Waals surface area contributed by atoms with E-state index in [4.69, 9.17) is 12.2 Å². The fourth-order valence-electron chi connectivity index (χ4n) is 3.23. The van der Waals surface area contributed by atoms with Gasteiger partial charge in [0.25, 0.3) is 0 Å². The Balaban J connectivity index is 1.51. The molecule has 1 heterocycles. The van der Waals surface area contributed by atoms with Crippen molar-refractivity contribution in [3.63, 3.8) is 0 Å². The molecule has 1 saturated carbocycles. The first-order chi connectivity index (χ1) is 14.4. The SMILES string of the molecule is Cc1cccc(-c2n[nH]c(=S)n2CC(=O)Nc2cc(NC(=O)C3CC3)ccc2C)c1. The van der Waals surface area contributed by atoms with Gasteiger partial charge in [-0.05, 0) is 62.7 Å². The number of H-pyrrole nitrogens is 1. The highest BCUT2D eigenvalue weighted by Crippen LogP contribution is 2.31. The van der Waals surface area contributed by atoms with E-state index in [1.54, 1.807) is 10.6 Å². The van der Waals surface area contributed by atoms with Gasteiger partial charge >= 0.3 is 0 Å². The predicted molar refractivity (Wildman–Crippen MR) is 119 cm³/mol. The molecule has 1 aliphatic carbocycles. The lowest BCUT2D eigenvalue weighted by atomic mass is 10.1. The van der Waals surface area contributed by atoms with Crippen LogP contribution < -0.4 is 10.6 Å². The van der Waals surface area contributed by atoms with Gasteiger partial charge in [0.05, 0.1) is 0 Å². The molecule has 3 aromatic rings. The Bertz CT molecular complexity index is 1180. The smallest absolute Gasteiger partial charge is 0.244 e. The van der Waals surface area contributed by atoms with Gasteiger partial charge in [0.2, 0.25) is 11.8 Å². The van der Waals surface area contributed by atoms with Crippen LogP contribution >= 0.6 is 12.2 Å². The lowest BCUT2D eigenvalue weighted by Gasteiger charge is -2.12. The summed E-state index contributed by atoms with van der Waals surface area (Å²) >= 11 is 5.33. The summed E-state index contributed by atoms with van der Waals surface area (Å²) in [6.07, 6.45) is 1.88. The van der Waals surface area contributed by atoms with Gasteiger partial charge in [0.1, 0.15) is 6.54 Å². The summed E-state index contributed by atoms with van der Waals surface area (Å²) in [4.78, 5) is 24.8. The third-order valence-corrected chi connectivity index (χ3v) is 5.38.